The molecule has 2 heterocycles. The summed E-state index contributed by atoms with van der Waals surface area (Å²) in [5, 5.41) is 5.89. The Kier molecular flexibility index (Phi) is 7.39. The van der Waals surface area contributed by atoms with Crippen molar-refractivity contribution in [3.05, 3.63) is 30.2 Å². The highest BCUT2D eigenvalue weighted by Crippen LogP contribution is 2.38. The predicted octanol–water partition coefficient (Wildman–Crippen LogP) is 5.63. The van der Waals surface area contributed by atoms with Crippen LogP contribution >= 0.6 is 0 Å². The minimum absolute atomic E-state index is 0.0136. The van der Waals surface area contributed by atoms with Crippen LogP contribution in [-0.2, 0) is 0 Å². The summed E-state index contributed by atoms with van der Waals surface area (Å²) < 4.78 is 73.4. The average Bonchev–Trinajstić information content (AvgIpc) is 2.69. The number of benzene rings is 1. The molecule has 1 aliphatic rings. The number of aromatic nitrogens is 2. The zero-order valence-corrected chi connectivity index (χ0v) is 19.5. The minimum atomic E-state index is -3.25. The highest BCUT2D eigenvalue weighted by molar-refractivity contribution is 5.60. The molecule has 0 unspecified atom stereocenters. The molecular formula is C22H28F5N5O2. The first-order chi connectivity index (χ1) is 15.8. The number of likely N-dealkylation sites (tertiary alicyclic amines) is 1. The Labute approximate surface area is 194 Å². The highest BCUT2D eigenvalue weighted by atomic mass is 19.3. The van der Waals surface area contributed by atoms with Gasteiger partial charge in [-0.2, -0.15) is 22.5 Å². The van der Waals surface area contributed by atoms with Crippen molar-refractivity contribution in [3.63, 3.8) is 0 Å². The monoisotopic (exact) mass is 489 g/mol. The molecule has 188 valence electrons. The molecule has 1 aliphatic heterocycles. The smallest absolute Gasteiger partial charge is 0.387 e. The van der Waals surface area contributed by atoms with Crippen LogP contribution in [0.25, 0.3) is 0 Å². The lowest BCUT2D eigenvalue weighted by molar-refractivity contribution is -0.0691. The van der Waals surface area contributed by atoms with Crippen LogP contribution in [0.4, 0.5) is 39.4 Å². The first kappa shape index (κ1) is 25.7. The quantitative estimate of drug-likeness (QED) is 0.466. The van der Waals surface area contributed by atoms with Gasteiger partial charge in [0.2, 0.25) is 5.95 Å². The van der Waals surface area contributed by atoms with Gasteiger partial charge in [-0.25, -0.2) is 9.37 Å². The standard InChI is InChI=1S/C22H28F5N5O2/c1-21(2)9-13(10-22(3,4)32(21)5)29-17-14(23)11-28-20(31-17)30-12-6-7-15(33-18(24)25)16(8-12)34-19(26)27/h6-8,11,13,18-19H,9-10H2,1-5H3,(H2,28,29,30,31). The second-order valence-corrected chi connectivity index (χ2v) is 9.37. The Bertz CT molecular complexity index is 988. The van der Waals surface area contributed by atoms with Crippen LogP contribution in [0.3, 0.4) is 0 Å². The normalized spacial score (nSPS) is 18.2. The summed E-state index contributed by atoms with van der Waals surface area (Å²) in [6.07, 6.45) is 2.48. The number of hydrogen-bond acceptors (Lipinski definition) is 7. The fourth-order valence-electron chi connectivity index (χ4n) is 4.29. The van der Waals surface area contributed by atoms with Gasteiger partial charge < -0.3 is 20.1 Å². The molecule has 0 radical (unpaired) electrons. The molecule has 0 atom stereocenters. The van der Waals surface area contributed by atoms with Crippen molar-refractivity contribution in [2.75, 3.05) is 17.7 Å². The Morgan fingerprint density at radius 2 is 1.59 bits per heavy atom. The van der Waals surface area contributed by atoms with Gasteiger partial charge in [-0.3, -0.25) is 4.90 Å². The van der Waals surface area contributed by atoms with Gasteiger partial charge in [-0.05, 0) is 59.7 Å². The Morgan fingerprint density at radius 3 is 2.18 bits per heavy atom. The molecule has 1 aromatic carbocycles. The maximum atomic E-state index is 14.5. The van der Waals surface area contributed by atoms with Crippen molar-refractivity contribution in [2.45, 2.75) is 70.9 Å². The highest BCUT2D eigenvalue weighted by Gasteiger charge is 2.43. The molecule has 0 spiro atoms. The number of nitrogens with one attached hydrogen (secondary N) is 2. The van der Waals surface area contributed by atoms with E-state index in [9.17, 15) is 22.0 Å². The third-order valence-corrected chi connectivity index (χ3v) is 6.02. The first-order valence-electron chi connectivity index (χ1n) is 10.6. The molecule has 0 saturated carbocycles. The maximum Gasteiger partial charge on any atom is 0.387 e. The van der Waals surface area contributed by atoms with Crippen LogP contribution in [0.1, 0.15) is 40.5 Å². The second kappa shape index (κ2) is 9.77. The molecule has 1 aromatic heterocycles. The van der Waals surface area contributed by atoms with Crippen molar-refractivity contribution in [1.82, 2.24) is 14.9 Å². The number of hydrogen-bond donors (Lipinski definition) is 2. The zero-order chi connectivity index (χ0) is 25.3. The van der Waals surface area contributed by atoms with E-state index in [1.165, 1.54) is 6.07 Å². The molecule has 2 N–H and O–H groups in total. The van der Waals surface area contributed by atoms with E-state index in [1.54, 1.807) is 0 Å². The minimum Gasteiger partial charge on any atom is -0.431 e. The predicted molar refractivity (Wildman–Crippen MR) is 118 cm³/mol. The summed E-state index contributed by atoms with van der Waals surface area (Å²) in [7, 11) is 2.06. The number of piperidine rings is 1. The number of anilines is 3. The molecule has 7 nitrogen and oxygen atoms in total. The molecule has 2 aromatic rings. The lowest BCUT2D eigenvalue weighted by atomic mass is 9.77. The third kappa shape index (κ3) is 6.16. The van der Waals surface area contributed by atoms with Crippen molar-refractivity contribution < 1.29 is 31.4 Å². The van der Waals surface area contributed by atoms with Crippen LogP contribution in [0.5, 0.6) is 11.5 Å². The van der Waals surface area contributed by atoms with Gasteiger partial charge in [0.05, 0.1) is 6.20 Å². The van der Waals surface area contributed by atoms with Gasteiger partial charge in [0.15, 0.2) is 23.1 Å². The van der Waals surface area contributed by atoms with Crippen molar-refractivity contribution >= 4 is 17.5 Å². The number of halogens is 5. The molecule has 0 aliphatic carbocycles. The van der Waals surface area contributed by atoms with E-state index < -0.39 is 30.5 Å². The van der Waals surface area contributed by atoms with Gasteiger partial charge in [0.1, 0.15) is 0 Å². The summed E-state index contributed by atoms with van der Waals surface area (Å²) >= 11 is 0. The van der Waals surface area contributed by atoms with Crippen LogP contribution in [0.15, 0.2) is 24.4 Å². The molecular weight excluding hydrogens is 461 g/mol. The average molecular weight is 489 g/mol. The maximum absolute atomic E-state index is 14.5. The third-order valence-electron chi connectivity index (χ3n) is 6.02. The largest absolute Gasteiger partial charge is 0.431 e. The molecule has 12 heteroatoms. The Balaban J connectivity index is 1.80. The van der Waals surface area contributed by atoms with Gasteiger partial charge in [0, 0.05) is 28.9 Å². The van der Waals surface area contributed by atoms with Gasteiger partial charge >= 0.3 is 13.2 Å². The summed E-state index contributed by atoms with van der Waals surface area (Å²) in [5.74, 6) is -1.85. The van der Waals surface area contributed by atoms with Crippen LogP contribution in [0.2, 0.25) is 0 Å². The number of nitrogens with zero attached hydrogens (tertiary/aromatic N) is 3. The number of alkyl halides is 4. The molecule has 1 fully saturated rings. The van der Waals surface area contributed by atoms with Gasteiger partial charge in [-0.1, -0.05) is 0 Å². The Morgan fingerprint density at radius 1 is 1.00 bits per heavy atom. The molecule has 34 heavy (non-hydrogen) atoms. The lowest BCUT2D eigenvalue weighted by Crippen LogP contribution is -2.61. The fourth-order valence-corrected chi connectivity index (χ4v) is 4.29. The second-order valence-electron chi connectivity index (χ2n) is 9.37. The summed E-state index contributed by atoms with van der Waals surface area (Å²) in [5.41, 5.74) is -0.114. The van der Waals surface area contributed by atoms with Crippen molar-refractivity contribution in [1.29, 1.82) is 0 Å². The zero-order valence-electron chi connectivity index (χ0n) is 19.5. The van der Waals surface area contributed by atoms with E-state index >= 15 is 0 Å². The van der Waals surface area contributed by atoms with E-state index in [1.807, 2.05) is 0 Å². The lowest BCUT2D eigenvalue weighted by Gasteiger charge is -2.53. The number of ether oxygens (including phenoxy) is 2. The van der Waals surface area contributed by atoms with Crippen LogP contribution < -0.4 is 20.1 Å². The van der Waals surface area contributed by atoms with E-state index in [0.717, 1.165) is 31.2 Å². The van der Waals surface area contributed by atoms with E-state index in [-0.39, 0.29) is 34.6 Å². The van der Waals surface area contributed by atoms with E-state index in [2.05, 4.69) is 69.7 Å². The SMILES string of the molecule is CN1C(C)(C)CC(Nc2nc(Nc3ccc(OC(F)F)c(OC(F)F)c3)ncc2F)CC1(C)C. The van der Waals surface area contributed by atoms with Crippen molar-refractivity contribution in [3.8, 4) is 11.5 Å². The summed E-state index contributed by atoms with van der Waals surface area (Å²) in [6.45, 7) is 2.00. The summed E-state index contributed by atoms with van der Waals surface area (Å²) in [4.78, 5) is 10.3. The molecule has 3 rings (SSSR count). The molecule has 0 amide bonds. The van der Waals surface area contributed by atoms with Gasteiger partial charge in [0.25, 0.3) is 0 Å². The first-order valence-corrected chi connectivity index (χ1v) is 10.6. The summed E-state index contributed by atoms with van der Waals surface area (Å²) in [6, 6.07) is 3.30. The van der Waals surface area contributed by atoms with E-state index in [4.69, 9.17) is 0 Å². The van der Waals surface area contributed by atoms with Crippen LogP contribution in [-0.4, -0.2) is 52.3 Å². The molecule has 1 saturated heterocycles. The topological polar surface area (TPSA) is 71.5 Å². The fraction of sp³-hybridized carbons (Fsp3) is 0.545. The Hall–Kier alpha value is -2.89. The number of rotatable bonds is 8. The molecule has 0 bridgehead atoms. The van der Waals surface area contributed by atoms with Crippen LogP contribution in [0, 0.1) is 5.82 Å². The van der Waals surface area contributed by atoms with E-state index in [0.29, 0.717) is 0 Å². The van der Waals surface area contributed by atoms with Crippen molar-refractivity contribution in [2.24, 2.45) is 0 Å². The van der Waals surface area contributed by atoms with Gasteiger partial charge in [-0.15, -0.1) is 0 Å².